The molecule has 20 atom stereocenters. The number of Topliss-reactive ketones (excluding diaryl/α,β-unsaturated/α-hetero) is 1. The van der Waals surface area contributed by atoms with Crippen LogP contribution in [0.3, 0.4) is 0 Å². The number of carboxylic acids is 1. The highest BCUT2D eigenvalue weighted by atomic mass is 32.2. The number of aromatic nitrogens is 1. The second-order valence-corrected chi connectivity index (χ2v) is 37.8. The van der Waals surface area contributed by atoms with Crippen LogP contribution in [0.4, 0.5) is 5.69 Å². The van der Waals surface area contributed by atoms with Gasteiger partial charge in [-0.2, -0.15) is 21.4 Å². The lowest BCUT2D eigenvalue weighted by atomic mass is 9.46. The highest BCUT2D eigenvalue weighted by Gasteiger charge is 2.80. The van der Waals surface area contributed by atoms with Gasteiger partial charge in [0.1, 0.15) is 32.0 Å². The molecule has 0 radical (unpaired) electrons. The number of carbonyl (C=O) groups is 9. The maximum atomic E-state index is 15.4. The van der Waals surface area contributed by atoms with Crippen LogP contribution in [0.15, 0.2) is 48.6 Å². The first kappa shape index (κ1) is 122. The van der Waals surface area contributed by atoms with Gasteiger partial charge in [-0.15, -0.1) is 0 Å². The number of aliphatic hydroxyl groups is 8. The Labute approximate surface area is 832 Å². The molecule has 3 aromatic rings. The quantitative estimate of drug-likeness (QED) is 0.0116. The minimum Gasteiger partial charge on any atom is -0.481 e. The van der Waals surface area contributed by atoms with E-state index in [1.54, 1.807) is 0 Å². The summed E-state index contributed by atoms with van der Waals surface area (Å²) in [7, 11) is 5.67. The van der Waals surface area contributed by atoms with Crippen molar-refractivity contribution in [2.24, 2.45) is 17.3 Å². The average molecular weight is 2020 g/mol. The molecule has 13 N–H and O–H groups in total. The fourth-order valence-corrected chi connectivity index (χ4v) is 20.6. The number of H-pyrrole nitrogens is 1. The van der Waals surface area contributed by atoms with Crippen molar-refractivity contribution in [1.29, 1.82) is 0 Å². The number of aliphatic carboxylic acids is 1. The van der Waals surface area contributed by atoms with E-state index in [1.165, 1.54) is 69.3 Å². The van der Waals surface area contributed by atoms with Crippen molar-refractivity contribution in [2.75, 3.05) is 170 Å². The number of esters is 4. The van der Waals surface area contributed by atoms with Crippen LogP contribution in [0.2, 0.25) is 0 Å². The summed E-state index contributed by atoms with van der Waals surface area (Å²) in [6.45, 7) is 23.0. The van der Waals surface area contributed by atoms with Gasteiger partial charge in [0.15, 0.2) is 36.5 Å². The van der Waals surface area contributed by atoms with E-state index in [0.29, 0.717) is 103 Å². The molecule has 4 fully saturated rings. The van der Waals surface area contributed by atoms with Gasteiger partial charge in [0.05, 0.1) is 101 Å². The first-order valence-corrected chi connectivity index (χ1v) is 50.8. The maximum Gasteiger partial charge on any atom is 0.373 e. The number of piperidine rings is 2. The second kappa shape index (κ2) is 61.4. The number of methoxy groups -OCH3 is 4. The molecule has 1 aliphatic carbocycles. The van der Waals surface area contributed by atoms with Crippen LogP contribution in [0.5, 0.6) is 0 Å². The molecule has 41 heteroatoms. The number of aryl methyl sites for hydroxylation is 1. The number of nitrogens with one attached hydrogen (secondary N) is 4. The van der Waals surface area contributed by atoms with E-state index in [1.807, 2.05) is 34.0 Å². The molecule has 1 saturated carbocycles. The predicted molar refractivity (Wildman–Crippen MR) is 518 cm³/mol. The van der Waals surface area contributed by atoms with Gasteiger partial charge >= 0.3 is 36.0 Å². The molecule has 7 heterocycles. The molecule has 7 aliphatic rings. The molecule has 3 saturated heterocycles. The standard InChI is InChI=1S/C61H85N5O12.C20H38N2O8S.C11H20O7.C7H16O4.CO2/c1-8-41(34-67)78-50(75-7)35-77-49(69)20-13-19-48(68)62-38(5)53(71)76-27-14-16-40-33-66-47-28-37(4)44(29-45(47)60-23-26-65-24-15-22-59(10-3,54(60)65)56(72)61(74,52(40)70)55(60)66)57(6)30-39-31-58(73,9-2)36-64(32-39)25-21-43-42-17-11-12-18-46(42)63-51(43)57;1-4-16(13-23)30-20(27-2)14-29-19(26)8-7-17(24)21-9-5-11-28-12-6-10-22-18(25)15-31-3;1-3-8(6-12)18-11(16-2)7-17-10(15)5-4-9(13)14;1-3-6(4-8)11-7(5-9)10-2;2-1-3/h11-12,15,17-18,22,28-29,38-41,50,54-56,63,67,72-74H,8-10,13-14,16,19-21,23-27,30-36H2,1-7H3,(H,62,68);16,20,23H,4-15H2,1-3H3,(H,21,24)(H,22,25);8,11-12H,3-7H2,1-2H3,(H,13,14);6-9H,3-5H2,1-2H3;/t38?,39?,40?,41?,50?,54?,55?,56-,57-,58?,59-,60-,61+;;;;/m1..../s1. The molecule has 1 spiro atoms. The number of benzene rings is 2. The van der Waals surface area contributed by atoms with Gasteiger partial charge < -0.3 is 133 Å². The number of hydrogen-bond acceptors (Lipinski definition) is 36. The highest BCUT2D eigenvalue weighted by molar-refractivity contribution is 7.99. The van der Waals surface area contributed by atoms with Gasteiger partial charge in [0, 0.05) is 157 Å². The summed E-state index contributed by atoms with van der Waals surface area (Å²) < 4.78 is 67.6. The number of para-hydroxylation sites is 1. The molecule has 10 rings (SSSR count). The van der Waals surface area contributed by atoms with Gasteiger partial charge in [-0.25, -0.2) is 4.79 Å². The number of nitrogens with zero attached hydrogens (tertiary/aromatic N) is 3. The predicted octanol–water partition coefficient (Wildman–Crippen LogP) is 5.04. The number of hydrogen-bond donors (Lipinski definition) is 13. The molecular formula is C100H159N7O33S. The lowest BCUT2D eigenvalue weighted by Gasteiger charge is -2.65. The molecule has 2 aromatic carbocycles. The van der Waals surface area contributed by atoms with Crippen molar-refractivity contribution in [2.45, 2.75) is 293 Å². The largest absolute Gasteiger partial charge is 0.481 e. The number of aromatic amines is 1. The van der Waals surface area contributed by atoms with Crippen molar-refractivity contribution in [3.05, 3.63) is 76.5 Å². The van der Waals surface area contributed by atoms with Gasteiger partial charge in [0.25, 0.3) is 0 Å². The third kappa shape index (κ3) is 33.7. The van der Waals surface area contributed by atoms with E-state index in [9.17, 15) is 58.8 Å². The summed E-state index contributed by atoms with van der Waals surface area (Å²) in [5.41, 5.74) is 3.11. The lowest BCUT2D eigenvalue weighted by molar-refractivity contribution is -0.209. The molecule has 40 nitrogen and oxygen atoms in total. The van der Waals surface area contributed by atoms with E-state index in [4.69, 9.17) is 96.7 Å². The van der Waals surface area contributed by atoms with E-state index >= 15 is 4.79 Å². The van der Waals surface area contributed by atoms with Crippen molar-refractivity contribution in [1.82, 2.24) is 30.7 Å². The first-order chi connectivity index (χ1) is 67.5. The number of fused-ring (bicyclic) bond motifs is 7. The number of anilines is 1. The van der Waals surface area contributed by atoms with Crippen LogP contribution >= 0.6 is 11.8 Å². The maximum absolute atomic E-state index is 15.4. The second-order valence-electron chi connectivity index (χ2n) is 36.9. The Hall–Kier alpha value is -8.08. The number of carbonyl (C=O) groups excluding carboxylic acids is 10. The minimum atomic E-state index is -2.12. The Bertz CT molecular complexity index is 4400. The van der Waals surface area contributed by atoms with E-state index in [2.05, 4.69) is 112 Å². The third-order valence-electron chi connectivity index (χ3n) is 27.5. The number of thioether (sulfide) groups is 1. The number of ketones is 1. The van der Waals surface area contributed by atoms with Gasteiger partial charge in [-0.05, 0) is 170 Å². The van der Waals surface area contributed by atoms with Crippen LogP contribution < -0.4 is 20.9 Å². The summed E-state index contributed by atoms with van der Waals surface area (Å²) >= 11 is 1.48. The zero-order valence-corrected chi connectivity index (χ0v) is 85.6. The fourth-order valence-electron chi connectivity index (χ4n) is 20.2. The summed E-state index contributed by atoms with van der Waals surface area (Å²) in [4.78, 5) is 137. The van der Waals surface area contributed by atoms with Crippen LogP contribution in [-0.4, -0.2) is 371 Å². The lowest BCUT2D eigenvalue weighted by Crippen LogP contribution is -2.83. The highest BCUT2D eigenvalue weighted by Crippen LogP contribution is 2.69. The zero-order valence-electron chi connectivity index (χ0n) is 84.8. The van der Waals surface area contributed by atoms with Gasteiger partial charge in [-0.3, -0.25) is 48.2 Å². The van der Waals surface area contributed by atoms with Crippen LogP contribution in [-0.2, 0) is 132 Å². The number of amides is 3. The summed E-state index contributed by atoms with van der Waals surface area (Å²) in [6, 6.07) is 11.5. The molecule has 798 valence electrons. The normalized spacial score (nSPS) is 24.7. The van der Waals surface area contributed by atoms with Crippen LogP contribution in [0.1, 0.15) is 212 Å². The van der Waals surface area contributed by atoms with E-state index in [0.717, 1.165) is 80.6 Å². The van der Waals surface area contributed by atoms with E-state index in [-0.39, 0.29) is 158 Å². The van der Waals surface area contributed by atoms with Crippen LogP contribution in [0.25, 0.3) is 10.9 Å². The fraction of sp³-hybridized carbons (Fsp3) is 0.740. The number of rotatable bonds is 56. The molecular weight excluding hydrogens is 1860 g/mol. The summed E-state index contributed by atoms with van der Waals surface area (Å²) in [5, 5.41) is 101. The summed E-state index contributed by atoms with van der Waals surface area (Å²) in [6.07, 6.45) is 8.97. The van der Waals surface area contributed by atoms with E-state index < -0.39 is 119 Å². The molecule has 15 unspecified atom stereocenters. The van der Waals surface area contributed by atoms with Crippen molar-refractivity contribution < 1.29 is 160 Å². The Kier molecular flexibility index (Phi) is 52.9. The third-order valence-corrected chi connectivity index (χ3v) is 28.0. The van der Waals surface area contributed by atoms with Crippen molar-refractivity contribution in [3.63, 3.8) is 0 Å². The monoisotopic (exact) mass is 2020 g/mol. The zero-order chi connectivity index (χ0) is 104. The Morgan fingerprint density at radius 3 is 1.70 bits per heavy atom. The molecule has 6 aliphatic heterocycles. The number of carboxylic acid groups (broad SMARTS) is 1. The van der Waals surface area contributed by atoms with Crippen molar-refractivity contribution >= 4 is 87.9 Å². The van der Waals surface area contributed by atoms with Crippen molar-refractivity contribution in [3.8, 4) is 0 Å². The molecule has 2 bridgehead atoms. The first-order valence-electron chi connectivity index (χ1n) is 49.4. The Morgan fingerprint density at radius 2 is 1.17 bits per heavy atom. The van der Waals surface area contributed by atoms with Gasteiger partial charge in [0.2, 0.25) is 17.7 Å². The Balaban J connectivity index is 0.000000393. The Morgan fingerprint density at radius 1 is 0.624 bits per heavy atom. The molecule has 1 aromatic heterocycles. The minimum absolute atomic E-state index is 0.0209. The van der Waals surface area contributed by atoms with Crippen LogP contribution in [0, 0.1) is 24.2 Å². The number of aliphatic hydroxyl groups excluding tert-OH is 6. The molecule has 141 heavy (non-hydrogen) atoms. The van der Waals surface area contributed by atoms with Gasteiger partial charge in [-0.1, -0.05) is 78.0 Å². The summed E-state index contributed by atoms with van der Waals surface area (Å²) in [5.74, 6) is -4.39. The smallest absolute Gasteiger partial charge is 0.373 e. The number of ether oxygens (including phenoxy) is 13. The SMILES string of the molecule is CCC(CO)OC(CO)OC.CCC(CO)OC(COC(=O)CCC(=O)NCCCOCCCNC(=O)CSC)OC.CCC(CO)OC(COC(=O)CCC(=O)O)OC.CCC(CO)OC(COC(=O)CCCC(=O)NC(C)C(=O)OCCCC1CN2c3cc(C)c([C@@]4(C)CC5CN(CCc6c4[nH]c4ccccc64)CC(O)(CC)C5)cc3[C@]34CCN5CC=C[C@](CC)(C53)[C@@H](O)[C@](O)(C1=O)C24)OC.O=C=O. The topological polar surface area (TPSA) is 551 Å². The average Bonchev–Trinajstić information content (AvgIpc) is 1.47. The molecule has 3 amide bonds.